The Morgan fingerprint density at radius 1 is 1.33 bits per heavy atom. The van der Waals surface area contributed by atoms with E-state index in [1.807, 2.05) is 31.6 Å². The maximum Gasteiger partial charge on any atom is 0.220 e. The van der Waals surface area contributed by atoms with Crippen molar-refractivity contribution in [3.05, 3.63) is 52.6 Å². The van der Waals surface area contributed by atoms with Crippen LogP contribution in [0.15, 0.2) is 24.3 Å². The van der Waals surface area contributed by atoms with Gasteiger partial charge in [-0.1, -0.05) is 12.1 Å². The highest BCUT2D eigenvalue weighted by atomic mass is 19.1. The van der Waals surface area contributed by atoms with E-state index in [1.54, 1.807) is 12.1 Å². The Morgan fingerprint density at radius 3 is 2.70 bits per heavy atom. The van der Waals surface area contributed by atoms with E-state index in [0.29, 0.717) is 32.6 Å². The topological polar surface area (TPSA) is 56.2 Å². The number of benzene rings is 1. The molecule has 1 saturated heterocycles. The fraction of sp³-hybridized carbons (Fsp3) is 0.524. The number of ether oxygens (including phenoxy) is 1. The summed E-state index contributed by atoms with van der Waals surface area (Å²) in [6.07, 6.45) is 2.64. The lowest BCUT2D eigenvalue weighted by molar-refractivity contribution is -0.121. The van der Waals surface area contributed by atoms with Crippen LogP contribution in [-0.4, -0.2) is 35.4 Å². The van der Waals surface area contributed by atoms with Crippen molar-refractivity contribution in [2.75, 3.05) is 19.8 Å². The molecule has 3 rings (SSSR count). The number of nitrogens with one attached hydrogen (secondary N) is 1. The third-order valence-corrected chi connectivity index (χ3v) is 5.77. The number of hydrogen-bond donors (Lipinski definition) is 1. The molecular weight excluding hydrogens is 345 g/mol. The number of halogens is 1. The predicted octanol–water partition coefficient (Wildman–Crippen LogP) is 2.97. The Bertz CT molecular complexity index is 810. The van der Waals surface area contributed by atoms with Crippen molar-refractivity contribution >= 4 is 5.91 Å². The van der Waals surface area contributed by atoms with E-state index >= 15 is 0 Å². The minimum Gasteiger partial charge on any atom is -0.381 e. The van der Waals surface area contributed by atoms with Crippen molar-refractivity contribution in [2.24, 2.45) is 7.05 Å². The zero-order valence-corrected chi connectivity index (χ0v) is 16.3. The maximum absolute atomic E-state index is 13.8. The van der Waals surface area contributed by atoms with Crippen LogP contribution in [0.4, 0.5) is 4.39 Å². The van der Waals surface area contributed by atoms with Crippen LogP contribution in [0.5, 0.6) is 0 Å². The number of amides is 1. The van der Waals surface area contributed by atoms with Crippen molar-refractivity contribution < 1.29 is 13.9 Å². The molecule has 0 aliphatic carbocycles. The highest BCUT2D eigenvalue weighted by Crippen LogP contribution is 2.34. The average molecular weight is 373 g/mol. The molecule has 27 heavy (non-hydrogen) atoms. The largest absolute Gasteiger partial charge is 0.381 e. The Morgan fingerprint density at radius 2 is 2.07 bits per heavy atom. The number of nitrogens with zero attached hydrogens (tertiary/aromatic N) is 2. The molecule has 1 aliphatic heterocycles. The summed E-state index contributed by atoms with van der Waals surface area (Å²) in [4.78, 5) is 12.5. The smallest absolute Gasteiger partial charge is 0.220 e. The summed E-state index contributed by atoms with van der Waals surface area (Å²) < 4.78 is 21.1. The van der Waals surface area contributed by atoms with Crippen LogP contribution in [0.3, 0.4) is 0 Å². The molecule has 1 aromatic heterocycles. The lowest BCUT2D eigenvalue weighted by Gasteiger charge is -2.38. The molecule has 0 saturated carbocycles. The Labute approximate surface area is 159 Å². The molecule has 5 nitrogen and oxygen atoms in total. The number of aromatic nitrogens is 2. The first-order valence-electron chi connectivity index (χ1n) is 9.51. The summed E-state index contributed by atoms with van der Waals surface area (Å²) in [7, 11) is 1.92. The van der Waals surface area contributed by atoms with Gasteiger partial charge in [-0.15, -0.1) is 0 Å². The molecule has 0 bridgehead atoms. The van der Waals surface area contributed by atoms with Crippen LogP contribution in [0, 0.1) is 19.7 Å². The second-order valence-electron chi connectivity index (χ2n) is 7.45. The molecule has 1 amide bonds. The van der Waals surface area contributed by atoms with Gasteiger partial charge in [0.2, 0.25) is 5.91 Å². The van der Waals surface area contributed by atoms with Gasteiger partial charge < -0.3 is 10.1 Å². The SMILES string of the molecule is Cc1nn(C)c(C)c1CCC(=O)NCC1(c2cccc(F)c2)CCOCC1. The normalized spacial score (nSPS) is 16.3. The van der Waals surface area contributed by atoms with E-state index in [1.165, 1.54) is 6.07 Å². The first kappa shape index (κ1) is 19.5. The Hall–Kier alpha value is -2.21. The van der Waals surface area contributed by atoms with Gasteiger partial charge in [0.15, 0.2) is 0 Å². The number of carbonyl (C=O) groups excluding carboxylic acids is 1. The lowest BCUT2D eigenvalue weighted by atomic mass is 9.74. The van der Waals surface area contributed by atoms with Crippen LogP contribution < -0.4 is 5.32 Å². The zero-order valence-electron chi connectivity index (χ0n) is 16.3. The van der Waals surface area contributed by atoms with E-state index in [9.17, 15) is 9.18 Å². The van der Waals surface area contributed by atoms with Gasteiger partial charge in [0.1, 0.15) is 5.82 Å². The molecule has 1 aliphatic rings. The second kappa shape index (κ2) is 8.21. The summed E-state index contributed by atoms with van der Waals surface area (Å²) in [6.45, 7) is 5.75. The number of hydrogen-bond acceptors (Lipinski definition) is 3. The molecule has 0 radical (unpaired) electrons. The molecule has 1 N–H and O–H groups in total. The molecule has 2 heterocycles. The van der Waals surface area contributed by atoms with E-state index in [2.05, 4.69) is 10.4 Å². The number of carbonyl (C=O) groups is 1. The molecule has 1 fully saturated rings. The predicted molar refractivity (Wildman–Crippen MR) is 102 cm³/mol. The van der Waals surface area contributed by atoms with E-state index in [-0.39, 0.29) is 17.1 Å². The maximum atomic E-state index is 13.8. The van der Waals surface area contributed by atoms with Gasteiger partial charge in [-0.2, -0.15) is 5.10 Å². The minimum absolute atomic E-state index is 0.0138. The summed E-state index contributed by atoms with van der Waals surface area (Å²) in [5, 5.41) is 7.49. The lowest BCUT2D eigenvalue weighted by Crippen LogP contribution is -2.44. The second-order valence-corrected chi connectivity index (χ2v) is 7.45. The molecule has 6 heteroatoms. The first-order valence-corrected chi connectivity index (χ1v) is 9.51. The minimum atomic E-state index is -0.268. The summed E-state index contributed by atoms with van der Waals surface area (Å²) in [5.41, 5.74) is 3.88. The van der Waals surface area contributed by atoms with Gasteiger partial charge >= 0.3 is 0 Å². The van der Waals surface area contributed by atoms with E-state index in [4.69, 9.17) is 4.74 Å². The highest BCUT2D eigenvalue weighted by Gasteiger charge is 2.35. The third kappa shape index (κ3) is 4.38. The van der Waals surface area contributed by atoms with Gasteiger partial charge in [-0.3, -0.25) is 9.48 Å². The van der Waals surface area contributed by atoms with Gasteiger partial charge in [0, 0.05) is 44.3 Å². The fourth-order valence-corrected chi connectivity index (χ4v) is 3.92. The summed E-state index contributed by atoms with van der Waals surface area (Å²) >= 11 is 0. The van der Waals surface area contributed by atoms with Crippen LogP contribution in [-0.2, 0) is 28.4 Å². The number of rotatable bonds is 6. The average Bonchev–Trinajstić information content (AvgIpc) is 2.91. The van der Waals surface area contributed by atoms with Crippen LogP contribution in [0.25, 0.3) is 0 Å². The standard InChI is InChI=1S/C21H28FN3O2/c1-15-19(16(2)25(3)24-15)7-8-20(26)23-14-21(9-11-27-12-10-21)17-5-4-6-18(22)13-17/h4-6,13H,7-12,14H2,1-3H3,(H,23,26). The molecule has 0 unspecified atom stereocenters. The van der Waals surface area contributed by atoms with Crippen molar-refractivity contribution in [2.45, 2.75) is 44.9 Å². The van der Waals surface area contributed by atoms with Gasteiger partial charge in [-0.05, 0) is 56.4 Å². The van der Waals surface area contributed by atoms with Crippen LogP contribution >= 0.6 is 0 Å². The van der Waals surface area contributed by atoms with Gasteiger partial charge in [-0.25, -0.2) is 4.39 Å². The summed E-state index contributed by atoms with van der Waals surface area (Å²) in [5.74, 6) is -0.229. The van der Waals surface area contributed by atoms with Crippen molar-refractivity contribution in [1.82, 2.24) is 15.1 Å². The molecule has 1 aromatic carbocycles. The molecule has 2 aromatic rings. The number of aryl methyl sites for hydroxylation is 2. The molecular formula is C21H28FN3O2. The quantitative estimate of drug-likeness (QED) is 0.847. The van der Waals surface area contributed by atoms with E-state index < -0.39 is 0 Å². The Kier molecular flexibility index (Phi) is 5.95. The molecule has 0 spiro atoms. The van der Waals surface area contributed by atoms with Crippen LogP contribution in [0.2, 0.25) is 0 Å². The van der Waals surface area contributed by atoms with Crippen molar-refractivity contribution in [3.63, 3.8) is 0 Å². The monoisotopic (exact) mass is 373 g/mol. The highest BCUT2D eigenvalue weighted by molar-refractivity contribution is 5.76. The third-order valence-electron chi connectivity index (χ3n) is 5.77. The molecule has 146 valence electrons. The first-order chi connectivity index (χ1) is 12.9. The zero-order chi connectivity index (χ0) is 19.4. The molecule has 0 atom stereocenters. The van der Waals surface area contributed by atoms with Gasteiger partial charge in [0.05, 0.1) is 5.69 Å². The van der Waals surface area contributed by atoms with Crippen molar-refractivity contribution in [3.8, 4) is 0 Å². The van der Waals surface area contributed by atoms with E-state index in [0.717, 1.165) is 35.4 Å². The fourth-order valence-electron chi connectivity index (χ4n) is 3.92. The van der Waals surface area contributed by atoms with Crippen LogP contribution in [0.1, 0.15) is 41.8 Å². The summed E-state index contributed by atoms with van der Waals surface area (Å²) in [6, 6.07) is 6.72. The Balaban J connectivity index is 1.64. The van der Waals surface area contributed by atoms with Gasteiger partial charge in [0.25, 0.3) is 0 Å². The van der Waals surface area contributed by atoms with Crippen molar-refractivity contribution in [1.29, 1.82) is 0 Å².